The fraction of sp³-hybridized carbons (Fsp3) is 0. The summed E-state index contributed by atoms with van der Waals surface area (Å²) < 4.78 is 0. The smallest absolute Gasteiger partial charge is 1.00 e. The summed E-state index contributed by atoms with van der Waals surface area (Å²) >= 11 is 5.52. The van der Waals surface area contributed by atoms with Crippen LogP contribution in [-0.4, -0.2) is 46.1 Å². The van der Waals surface area contributed by atoms with Crippen LogP contribution in [0.5, 0.6) is 0 Å². The molecule has 0 nitrogen and oxygen atoms in total. The second-order valence-electron chi connectivity index (χ2n) is 2.30. The van der Waals surface area contributed by atoms with Crippen molar-refractivity contribution in [2.75, 3.05) is 0 Å². The van der Waals surface area contributed by atoms with E-state index in [1.807, 2.05) is 30.3 Å². The summed E-state index contributed by atoms with van der Waals surface area (Å²) in [4.78, 5) is 0. The van der Waals surface area contributed by atoms with Crippen LogP contribution >= 0.6 is 11.6 Å². The Hall–Kier alpha value is 1.22. The third-order valence-corrected chi connectivity index (χ3v) is 1.54. The third kappa shape index (κ3) is 17.2. The van der Waals surface area contributed by atoms with Gasteiger partial charge in [0.1, 0.15) is 0 Å². The molecular weight excluding hydrogens is 388 g/mol. The molecule has 0 atom stereocenters. The van der Waals surface area contributed by atoms with Gasteiger partial charge in [0.05, 0.1) is 0 Å². The minimum absolute atomic E-state index is 0. The van der Waals surface area contributed by atoms with Crippen LogP contribution < -0.4 is 34.0 Å². The summed E-state index contributed by atoms with van der Waals surface area (Å²) in [6, 6.07) is 22.5. The molecule has 0 amide bonds. The van der Waals surface area contributed by atoms with Gasteiger partial charge in [0.15, 0.2) is 0 Å². The molecule has 0 heterocycles. The minimum Gasteiger partial charge on any atom is -1.00 e. The van der Waals surface area contributed by atoms with Crippen molar-refractivity contribution >= 4 is 57.7 Å². The maximum atomic E-state index is 5.52. The molecule has 82 valence electrons. The summed E-state index contributed by atoms with van der Waals surface area (Å²) in [7, 11) is 0. The Morgan fingerprint density at radius 2 is 1.12 bits per heavy atom. The average Bonchev–Trinajstić information content (AvgIpc) is 2.22. The standard InChI is InChI=1S/C6H4Cl.C6H5.2BrH.2Mg/c7-6-4-2-1-3-5-6;1-2-4-6-5-3-1;;;;/h2-5H;1-5H;2*1H;;/q2*-1;;;2*+2/p-2. The Labute approximate surface area is 161 Å². The van der Waals surface area contributed by atoms with Gasteiger partial charge < -0.3 is 34.0 Å². The van der Waals surface area contributed by atoms with Gasteiger partial charge in [-0.1, -0.05) is 5.02 Å². The van der Waals surface area contributed by atoms with Gasteiger partial charge in [-0.3, -0.25) is 0 Å². The van der Waals surface area contributed by atoms with Gasteiger partial charge in [0.25, 0.3) is 0 Å². The van der Waals surface area contributed by atoms with Crippen LogP contribution in [0.1, 0.15) is 0 Å². The van der Waals surface area contributed by atoms with Crippen LogP contribution in [-0.2, 0) is 0 Å². The van der Waals surface area contributed by atoms with E-state index in [0.29, 0.717) is 0 Å². The summed E-state index contributed by atoms with van der Waals surface area (Å²) in [5.74, 6) is 0. The van der Waals surface area contributed by atoms with Gasteiger partial charge in [-0.2, -0.15) is 66.7 Å². The van der Waals surface area contributed by atoms with E-state index in [1.165, 1.54) is 0 Å². The van der Waals surface area contributed by atoms with Gasteiger partial charge >= 0.3 is 46.1 Å². The first-order chi connectivity index (χ1) is 6.39. The summed E-state index contributed by atoms with van der Waals surface area (Å²) in [5, 5.41) is 0.763. The Kier molecular flexibility index (Phi) is 30.7. The number of halogens is 3. The number of hydrogen-bond acceptors (Lipinski definition) is 0. The van der Waals surface area contributed by atoms with Gasteiger partial charge in [-0.25, -0.2) is 0 Å². The first kappa shape index (κ1) is 26.7. The van der Waals surface area contributed by atoms with E-state index in [1.54, 1.807) is 24.3 Å². The first-order valence-electron chi connectivity index (χ1n) is 3.92. The molecule has 0 aliphatic rings. The third-order valence-electron chi connectivity index (χ3n) is 1.28. The zero-order valence-electron chi connectivity index (χ0n) is 9.24. The van der Waals surface area contributed by atoms with Crippen LogP contribution in [0.3, 0.4) is 0 Å². The van der Waals surface area contributed by atoms with E-state index in [9.17, 15) is 0 Å². The van der Waals surface area contributed by atoms with E-state index in [4.69, 9.17) is 11.6 Å². The van der Waals surface area contributed by atoms with Gasteiger partial charge in [-0.05, 0) is 0 Å². The molecule has 5 heteroatoms. The number of hydrogen-bond donors (Lipinski definition) is 0. The Morgan fingerprint density at radius 1 is 0.706 bits per heavy atom. The van der Waals surface area contributed by atoms with Gasteiger partial charge in [-0.15, -0.1) is 11.6 Å². The van der Waals surface area contributed by atoms with E-state index < -0.39 is 0 Å². The minimum atomic E-state index is 0. The SMILES string of the molecule is Clc1cc[c-]cc1.[Br-].[Br-].[Mg+2].[Mg+2].[c-]1ccccc1. The van der Waals surface area contributed by atoms with Crippen molar-refractivity contribution in [3.05, 3.63) is 71.8 Å². The monoisotopic (exact) mass is 394 g/mol. The molecule has 0 aliphatic carbocycles. The molecule has 17 heavy (non-hydrogen) atoms. The Balaban J connectivity index is -0.0000000810. The molecule has 2 aromatic carbocycles. The van der Waals surface area contributed by atoms with E-state index in [2.05, 4.69) is 12.1 Å². The Bertz CT molecular complexity index is 293. The maximum Gasteiger partial charge on any atom is 2.00 e. The van der Waals surface area contributed by atoms with Gasteiger partial charge in [0, 0.05) is 0 Å². The molecule has 0 unspecified atom stereocenters. The molecule has 0 radical (unpaired) electrons. The molecule has 0 N–H and O–H groups in total. The van der Waals surface area contributed by atoms with Crippen molar-refractivity contribution in [1.82, 2.24) is 0 Å². The second kappa shape index (κ2) is 19.6. The van der Waals surface area contributed by atoms with Crippen molar-refractivity contribution in [3.8, 4) is 0 Å². The molecule has 0 spiro atoms. The molecule has 0 saturated heterocycles. The largest absolute Gasteiger partial charge is 2.00 e. The molecule has 0 aromatic heterocycles. The molecule has 2 rings (SSSR count). The predicted octanol–water partition coefficient (Wildman–Crippen LogP) is -3.13. The zero-order valence-corrected chi connectivity index (χ0v) is 16.0. The van der Waals surface area contributed by atoms with Crippen molar-refractivity contribution < 1.29 is 34.0 Å². The maximum absolute atomic E-state index is 5.52. The van der Waals surface area contributed by atoms with Crippen LogP contribution in [0.15, 0.2) is 54.6 Å². The van der Waals surface area contributed by atoms with Crippen molar-refractivity contribution in [2.45, 2.75) is 0 Å². The normalized spacial score (nSPS) is 6.41. The van der Waals surface area contributed by atoms with Crippen molar-refractivity contribution in [1.29, 1.82) is 0 Å². The van der Waals surface area contributed by atoms with E-state index in [-0.39, 0.29) is 80.1 Å². The van der Waals surface area contributed by atoms with Crippen LogP contribution in [0.25, 0.3) is 0 Å². The predicted molar refractivity (Wildman–Crippen MR) is 67.1 cm³/mol. The van der Waals surface area contributed by atoms with E-state index in [0.717, 1.165) is 5.02 Å². The second-order valence-corrected chi connectivity index (χ2v) is 2.73. The van der Waals surface area contributed by atoms with Crippen molar-refractivity contribution in [3.63, 3.8) is 0 Å². The topological polar surface area (TPSA) is 0 Å². The molecule has 0 saturated carbocycles. The quantitative estimate of drug-likeness (QED) is 0.326. The zero-order chi connectivity index (χ0) is 9.36. The molecule has 2 aromatic rings. The molecule has 0 aliphatic heterocycles. The Morgan fingerprint density at radius 3 is 1.29 bits per heavy atom. The summed E-state index contributed by atoms with van der Waals surface area (Å²) in [6.45, 7) is 0. The van der Waals surface area contributed by atoms with Crippen molar-refractivity contribution in [2.24, 2.45) is 0 Å². The molecule has 0 bridgehead atoms. The summed E-state index contributed by atoms with van der Waals surface area (Å²) in [5.41, 5.74) is 0. The fourth-order valence-corrected chi connectivity index (χ4v) is 0.834. The van der Waals surface area contributed by atoms with Crippen LogP contribution in [0.2, 0.25) is 5.02 Å². The fourth-order valence-electron chi connectivity index (χ4n) is 0.708. The average molecular weight is 397 g/mol. The molecule has 0 fully saturated rings. The van der Waals surface area contributed by atoms with Crippen LogP contribution in [0.4, 0.5) is 0 Å². The van der Waals surface area contributed by atoms with E-state index >= 15 is 0 Å². The molecular formula is C12H9Br2ClMg2. The number of rotatable bonds is 0. The first-order valence-corrected chi connectivity index (χ1v) is 4.30. The van der Waals surface area contributed by atoms with Crippen LogP contribution in [0, 0.1) is 12.1 Å². The summed E-state index contributed by atoms with van der Waals surface area (Å²) in [6.07, 6.45) is 0. The number of benzene rings is 2. The van der Waals surface area contributed by atoms with Gasteiger partial charge in [0.2, 0.25) is 0 Å².